The summed E-state index contributed by atoms with van der Waals surface area (Å²) in [5, 5.41) is 10.9. The Hall–Kier alpha value is -2.15. The van der Waals surface area contributed by atoms with Crippen LogP contribution in [-0.2, 0) is 11.3 Å². The Labute approximate surface area is 123 Å². The molecule has 2 rings (SSSR count). The van der Waals surface area contributed by atoms with Gasteiger partial charge in [0.2, 0.25) is 5.91 Å². The molecule has 7 heteroatoms. The lowest BCUT2D eigenvalue weighted by atomic mass is 10.0. The van der Waals surface area contributed by atoms with Crippen molar-refractivity contribution < 1.29 is 9.72 Å². The number of anilines is 1. The van der Waals surface area contributed by atoms with Crippen molar-refractivity contribution in [2.24, 2.45) is 11.8 Å². The zero-order chi connectivity index (χ0) is 15.4. The van der Waals surface area contributed by atoms with Gasteiger partial charge in [0.1, 0.15) is 0 Å². The third-order valence-corrected chi connectivity index (χ3v) is 3.91. The highest BCUT2D eigenvalue weighted by atomic mass is 16.6. The Balaban J connectivity index is 2.22. The summed E-state index contributed by atoms with van der Waals surface area (Å²) in [5.74, 6) is 6.06. The molecule has 1 aromatic carbocycles. The van der Waals surface area contributed by atoms with E-state index >= 15 is 0 Å². The number of nitrogens with zero attached hydrogens (tertiary/aromatic N) is 2. The molecule has 7 nitrogen and oxygen atoms in total. The van der Waals surface area contributed by atoms with Crippen molar-refractivity contribution in [1.82, 2.24) is 4.90 Å². The minimum absolute atomic E-state index is 0.000334. The molecule has 0 radical (unpaired) electrons. The Morgan fingerprint density at radius 2 is 2.24 bits per heavy atom. The third kappa shape index (κ3) is 3.69. The van der Waals surface area contributed by atoms with Crippen molar-refractivity contribution in [3.8, 4) is 0 Å². The van der Waals surface area contributed by atoms with E-state index in [1.54, 1.807) is 11.0 Å². The van der Waals surface area contributed by atoms with Crippen molar-refractivity contribution in [3.05, 3.63) is 33.9 Å². The van der Waals surface area contributed by atoms with Crippen LogP contribution in [0.1, 0.15) is 31.7 Å². The van der Waals surface area contributed by atoms with Gasteiger partial charge in [-0.05, 0) is 24.8 Å². The molecule has 1 fully saturated rings. The number of carbonyl (C=O) groups is 1. The second-order valence-corrected chi connectivity index (χ2v) is 5.49. The minimum Gasteiger partial charge on any atom is -0.338 e. The lowest BCUT2D eigenvalue weighted by Crippen LogP contribution is -2.30. The molecule has 21 heavy (non-hydrogen) atoms. The van der Waals surface area contributed by atoms with Gasteiger partial charge in [0, 0.05) is 37.2 Å². The number of carbonyl (C=O) groups excluding carboxylic acids is 1. The average molecular weight is 292 g/mol. The number of non-ortho nitro benzene ring substituents is 1. The summed E-state index contributed by atoms with van der Waals surface area (Å²) < 4.78 is 0. The number of hydrogen-bond donors (Lipinski definition) is 2. The largest absolute Gasteiger partial charge is 0.338 e. The van der Waals surface area contributed by atoms with Crippen molar-refractivity contribution in [3.63, 3.8) is 0 Å². The van der Waals surface area contributed by atoms with Crippen LogP contribution in [0, 0.1) is 16.0 Å². The quantitative estimate of drug-likeness (QED) is 0.502. The number of nitrogens with two attached hydrogens (primary N) is 1. The van der Waals surface area contributed by atoms with Crippen molar-refractivity contribution in [2.75, 3.05) is 12.0 Å². The van der Waals surface area contributed by atoms with Crippen LogP contribution in [-0.4, -0.2) is 22.3 Å². The summed E-state index contributed by atoms with van der Waals surface area (Å²) >= 11 is 0. The number of benzene rings is 1. The van der Waals surface area contributed by atoms with Gasteiger partial charge in [-0.2, -0.15) is 0 Å². The van der Waals surface area contributed by atoms with Gasteiger partial charge in [0.05, 0.1) is 10.6 Å². The summed E-state index contributed by atoms with van der Waals surface area (Å²) in [7, 11) is 0. The molecule has 1 aliphatic heterocycles. The topological polar surface area (TPSA) is 102 Å². The summed E-state index contributed by atoms with van der Waals surface area (Å²) in [6.45, 7) is 3.15. The molecule has 114 valence electrons. The van der Waals surface area contributed by atoms with Crippen molar-refractivity contribution >= 4 is 17.3 Å². The first-order valence-corrected chi connectivity index (χ1v) is 7.03. The maximum Gasteiger partial charge on any atom is 0.269 e. The van der Waals surface area contributed by atoms with Crippen molar-refractivity contribution in [1.29, 1.82) is 0 Å². The van der Waals surface area contributed by atoms with Crippen LogP contribution in [0.5, 0.6) is 0 Å². The summed E-state index contributed by atoms with van der Waals surface area (Å²) in [5.41, 5.74) is 3.79. The second kappa shape index (κ2) is 6.53. The van der Waals surface area contributed by atoms with E-state index in [4.69, 9.17) is 5.84 Å². The number of amides is 1. The molecule has 0 aliphatic carbocycles. The molecule has 1 unspecified atom stereocenters. The van der Waals surface area contributed by atoms with Gasteiger partial charge >= 0.3 is 0 Å². The number of hydrazine groups is 1. The third-order valence-electron chi connectivity index (χ3n) is 3.91. The van der Waals surface area contributed by atoms with E-state index in [9.17, 15) is 14.9 Å². The predicted octanol–water partition coefficient (Wildman–Crippen LogP) is 2.03. The zero-order valence-corrected chi connectivity index (χ0v) is 12.0. The molecule has 1 aromatic rings. The van der Waals surface area contributed by atoms with E-state index in [1.165, 1.54) is 12.1 Å². The van der Waals surface area contributed by atoms with Gasteiger partial charge in [-0.15, -0.1) is 0 Å². The molecule has 3 N–H and O–H groups in total. The van der Waals surface area contributed by atoms with E-state index in [0.29, 0.717) is 36.7 Å². The first-order chi connectivity index (χ1) is 10.0. The highest BCUT2D eigenvalue weighted by Crippen LogP contribution is 2.25. The first-order valence-electron chi connectivity index (χ1n) is 7.03. The van der Waals surface area contributed by atoms with E-state index < -0.39 is 4.92 Å². The van der Waals surface area contributed by atoms with Crippen LogP contribution >= 0.6 is 0 Å². The van der Waals surface area contributed by atoms with E-state index in [2.05, 4.69) is 12.3 Å². The molecule has 0 bridgehead atoms. The molecule has 1 amide bonds. The maximum atomic E-state index is 12.1. The number of nitrogen functional groups attached to an aromatic ring is 1. The number of nitro benzene ring substituents is 1. The van der Waals surface area contributed by atoms with Crippen LogP contribution in [0.3, 0.4) is 0 Å². The van der Waals surface area contributed by atoms with Gasteiger partial charge in [-0.25, -0.2) is 0 Å². The summed E-state index contributed by atoms with van der Waals surface area (Å²) in [6, 6.07) is 4.43. The fourth-order valence-electron chi connectivity index (χ4n) is 2.51. The lowest BCUT2D eigenvalue weighted by Gasteiger charge is -2.22. The van der Waals surface area contributed by atoms with E-state index in [-0.39, 0.29) is 11.6 Å². The van der Waals surface area contributed by atoms with Gasteiger partial charge in [-0.1, -0.05) is 6.92 Å². The Morgan fingerprint density at radius 1 is 1.48 bits per heavy atom. The molecule has 1 saturated heterocycles. The lowest BCUT2D eigenvalue weighted by molar-refractivity contribution is -0.384. The maximum absolute atomic E-state index is 12.1. The first kappa shape index (κ1) is 15.2. The average Bonchev–Trinajstić information content (AvgIpc) is 2.62. The fourth-order valence-corrected chi connectivity index (χ4v) is 2.51. The van der Waals surface area contributed by atoms with Crippen LogP contribution < -0.4 is 11.3 Å². The Morgan fingerprint density at radius 3 is 2.90 bits per heavy atom. The van der Waals surface area contributed by atoms with Gasteiger partial charge in [0.25, 0.3) is 5.69 Å². The summed E-state index contributed by atoms with van der Waals surface area (Å²) in [4.78, 5) is 24.3. The number of likely N-dealkylation sites (tertiary alicyclic amines) is 1. The zero-order valence-electron chi connectivity index (χ0n) is 12.0. The van der Waals surface area contributed by atoms with Crippen molar-refractivity contribution in [2.45, 2.75) is 32.7 Å². The number of rotatable bonds is 4. The number of nitro groups is 1. The number of hydrogen-bond acceptors (Lipinski definition) is 5. The highest BCUT2D eigenvalue weighted by Gasteiger charge is 2.22. The molecule has 0 saturated carbocycles. The predicted molar refractivity (Wildman–Crippen MR) is 79.3 cm³/mol. The Bertz CT molecular complexity index is 547. The molecule has 1 aliphatic rings. The molecule has 1 heterocycles. The van der Waals surface area contributed by atoms with Gasteiger partial charge in [0.15, 0.2) is 0 Å². The number of nitrogens with one attached hydrogen (secondary N) is 1. The van der Waals surface area contributed by atoms with Gasteiger partial charge < -0.3 is 10.3 Å². The molecule has 1 atom stereocenters. The SMILES string of the molecule is CC1CCC(=O)N(Cc2cc([N+](=O)[O-])ccc2NN)CC1. The summed E-state index contributed by atoms with van der Waals surface area (Å²) in [6.07, 6.45) is 2.37. The van der Waals surface area contributed by atoms with Gasteiger partial charge in [-0.3, -0.25) is 20.8 Å². The normalized spacial score (nSPS) is 19.2. The van der Waals surface area contributed by atoms with Crippen LogP contribution in [0.2, 0.25) is 0 Å². The van der Waals surface area contributed by atoms with Crippen LogP contribution in [0.4, 0.5) is 11.4 Å². The molecule has 0 aromatic heterocycles. The second-order valence-electron chi connectivity index (χ2n) is 5.49. The fraction of sp³-hybridized carbons (Fsp3) is 0.500. The molecular weight excluding hydrogens is 272 g/mol. The standard InChI is InChI=1S/C14H20N4O3/c1-10-2-5-14(19)17(7-6-10)9-11-8-12(18(20)21)3-4-13(11)16-15/h3-4,8,10,16H,2,5-7,9,15H2,1H3. The minimum atomic E-state index is -0.448. The Kier molecular flexibility index (Phi) is 4.74. The van der Waals surface area contributed by atoms with Crippen LogP contribution in [0.15, 0.2) is 18.2 Å². The van der Waals surface area contributed by atoms with E-state index in [0.717, 1.165) is 12.8 Å². The molecule has 0 spiro atoms. The molecular formula is C14H20N4O3. The van der Waals surface area contributed by atoms with Crippen LogP contribution in [0.25, 0.3) is 0 Å². The monoisotopic (exact) mass is 292 g/mol. The smallest absolute Gasteiger partial charge is 0.269 e. The van der Waals surface area contributed by atoms with E-state index in [1.807, 2.05) is 0 Å². The highest BCUT2D eigenvalue weighted by molar-refractivity contribution is 5.76.